The van der Waals surface area contributed by atoms with Crippen molar-refractivity contribution in [2.45, 2.75) is 32.9 Å². The summed E-state index contributed by atoms with van der Waals surface area (Å²) in [4.78, 5) is 18.8. The Kier molecular flexibility index (Phi) is 6.93. The summed E-state index contributed by atoms with van der Waals surface area (Å²) in [5, 5.41) is 9.41. The van der Waals surface area contributed by atoms with E-state index in [9.17, 15) is 4.79 Å². The number of carbonyl (C=O) groups is 1. The van der Waals surface area contributed by atoms with E-state index < -0.39 is 0 Å². The third kappa shape index (κ3) is 4.70. The molecule has 1 fully saturated rings. The molecule has 3 heterocycles. The summed E-state index contributed by atoms with van der Waals surface area (Å²) in [5.41, 5.74) is 6.84. The van der Waals surface area contributed by atoms with Crippen molar-refractivity contribution in [2.75, 3.05) is 17.3 Å². The van der Waals surface area contributed by atoms with Crippen LogP contribution in [0.25, 0.3) is 16.5 Å². The number of rotatable bonds is 6. The van der Waals surface area contributed by atoms with Gasteiger partial charge in [-0.05, 0) is 79.5 Å². The number of hydrogen-bond acceptors (Lipinski definition) is 4. The molecule has 2 aromatic heterocycles. The molecule has 1 aliphatic rings. The number of fused-ring (bicyclic) bond motifs is 1. The lowest BCUT2D eigenvalue weighted by atomic mass is 9.96. The van der Waals surface area contributed by atoms with E-state index in [-0.39, 0.29) is 18.0 Å². The van der Waals surface area contributed by atoms with E-state index in [1.165, 1.54) is 17.7 Å². The molecule has 2 atom stereocenters. The van der Waals surface area contributed by atoms with Crippen molar-refractivity contribution in [2.24, 2.45) is 0 Å². The number of nitrogens with zero attached hydrogens (tertiary/aromatic N) is 3. The van der Waals surface area contributed by atoms with Gasteiger partial charge in [0, 0.05) is 35.6 Å². The Morgan fingerprint density at radius 2 is 1.78 bits per heavy atom. The molecule has 1 saturated heterocycles. The summed E-state index contributed by atoms with van der Waals surface area (Å²) in [7, 11) is 1.59. The van der Waals surface area contributed by atoms with Crippen molar-refractivity contribution >= 4 is 45.4 Å². The van der Waals surface area contributed by atoms with E-state index in [4.69, 9.17) is 21.9 Å². The van der Waals surface area contributed by atoms with Crippen molar-refractivity contribution < 1.29 is 9.53 Å². The summed E-state index contributed by atoms with van der Waals surface area (Å²) in [6.07, 6.45) is 1.81. The highest BCUT2D eigenvalue weighted by Crippen LogP contribution is 2.45. The largest absolute Gasteiger partial charge is 0.495 e. The second kappa shape index (κ2) is 10.7. The van der Waals surface area contributed by atoms with E-state index in [0.29, 0.717) is 16.5 Å². The number of ether oxygens (including phenoxy) is 1. The molecule has 0 unspecified atom stereocenters. The maximum absolute atomic E-state index is 12.0. The summed E-state index contributed by atoms with van der Waals surface area (Å²) in [5.74, 6) is 0.401. The van der Waals surface area contributed by atoms with Crippen molar-refractivity contribution in [1.29, 1.82) is 0 Å². The molecule has 0 radical (unpaired) electrons. The number of aryl methyl sites for hydroxylation is 1. The van der Waals surface area contributed by atoms with Gasteiger partial charge in [0.2, 0.25) is 5.91 Å². The zero-order chi connectivity index (χ0) is 28.7. The predicted molar refractivity (Wildman–Crippen MR) is 168 cm³/mol. The Morgan fingerprint density at radius 3 is 2.54 bits per heavy atom. The molecule has 5 aromatic rings. The molecule has 6 rings (SSSR count). The highest BCUT2D eigenvalue weighted by Gasteiger charge is 2.42. The minimum absolute atomic E-state index is 0.177. The van der Waals surface area contributed by atoms with E-state index >= 15 is 0 Å². The third-order valence-corrected chi connectivity index (χ3v) is 7.98. The number of thiocarbonyl (C=S) groups is 1. The van der Waals surface area contributed by atoms with Gasteiger partial charge < -0.3 is 24.8 Å². The van der Waals surface area contributed by atoms with Crippen LogP contribution in [0.5, 0.6) is 5.75 Å². The van der Waals surface area contributed by atoms with Gasteiger partial charge in [-0.3, -0.25) is 9.78 Å². The Bertz CT molecular complexity index is 1780. The molecule has 206 valence electrons. The van der Waals surface area contributed by atoms with Gasteiger partial charge in [-0.1, -0.05) is 42.5 Å². The van der Waals surface area contributed by atoms with Gasteiger partial charge in [0.1, 0.15) is 5.75 Å². The quantitative estimate of drug-likeness (QED) is 0.223. The number of aromatic nitrogens is 2. The van der Waals surface area contributed by atoms with Crippen LogP contribution in [0.1, 0.15) is 41.7 Å². The Balaban J connectivity index is 1.54. The van der Waals surface area contributed by atoms with Crippen LogP contribution in [-0.2, 0) is 4.79 Å². The SMILES string of the molecule is COc1ccc(N2C(=S)N[C@@H](c3ccccn3)[C@@H]2c2cc(C)n(-c3cccc4ccccc34)c2C)cc1NC(C)=O. The molecule has 2 N–H and O–H groups in total. The molecule has 7 nitrogen and oxygen atoms in total. The van der Waals surface area contributed by atoms with Crippen LogP contribution >= 0.6 is 12.2 Å². The molecular formula is C33H31N5O2S. The van der Waals surface area contributed by atoms with Gasteiger partial charge in [-0.15, -0.1) is 0 Å². The van der Waals surface area contributed by atoms with Gasteiger partial charge in [-0.25, -0.2) is 0 Å². The maximum atomic E-state index is 12.0. The number of methoxy groups -OCH3 is 1. The van der Waals surface area contributed by atoms with Gasteiger partial charge in [0.25, 0.3) is 0 Å². The van der Waals surface area contributed by atoms with Gasteiger partial charge >= 0.3 is 0 Å². The smallest absolute Gasteiger partial charge is 0.221 e. The zero-order valence-electron chi connectivity index (χ0n) is 23.4. The van der Waals surface area contributed by atoms with Gasteiger partial charge in [0.15, 0.2) is 5.11 Å². The summed E-state index contributed by atoms with van der Waals surface area (Å²) in [6, 6.07) is 28.4. The topological polar surface area (TPSA) is 71.4 Å². The van der Waals surface area contributed by atoms with Gasteiger partial charge in [-0.2, -0.15) is 0 Å². The Labute approximate surface area is 244 Å². The number of amides is 1. The van der Waals surface area contributed by atoms with Crippen LogP contribution in [0.2, 0.25) is 0 Å². The Hall–Kier alpha value is -4.69. The minimum atomic E-state index is -0.203. The lowest BCUT2D eigenvalue weighted by Crippen LogP contribution is -2.29. The average Bonchev–Trinajstić information content (AvgIpc) is 3.47. The fourth-order valence-electron chi connectivity index (χ4n) is 5.94. The monoisotopic (exact) mass is 561 g/mol. The van der Waals surface area contributed by atoms with E-state index in [1.54, 1.807) is 13.3 Å². The summed E-state index contributed by atoms with van der Waals surface area (Å²) in [6.45, 7) is 5.79. The van der Waals surface area contributed by atoms with Crippen molar-refractivity contribution in [3.05, 3.63) is 114 Å². The summed E-state index contributed by atoms with van der Waals surface area (Å²) < 4.78 is 7.84. The van der Waals surface area contributed by atoms with Crippen molar-refractivity contribution in [1.82, 2.24) is 14.9 Å². The highest BCUT2D eigenvalue weighted by molar-refractivity contribution is 7.80. The number of pyridine rings is 1. The number of carbonyl (C=O) groups excluding carboxylic acids is 1. The lowest BCUT2D eigenvalue weighted by molar-refractivity contribution is -0.114. The molecule has 1 amide bonds. The maximum Gasteiger partial charge on any atom is 0.221 e. The Morgan fingerprint density at radius 1 is 1.00 bits per heavy atom. The first kappa shape index (κ1) is 26.5. The molecule has 8 heteroatoms. The second-order valence-electron chi connectivity index (χ2n) is 10.2. The molecule has 0 bridgehead atoms. The van der Waals surface area contributed by atoms with Crippen LogP contribution in [0.4, 0.5) is 11.4 Å². The van der Waals surface area contributed by atoms with E-state index in [0.717, 1.165) is 34.0 Å². The minimum Gasteiger partial charge on any atom is -0.495 e. The first-order valence-electron chi connectivity index (χ1n) is 13.5. The van der Waals surface area contributed by atoms with E-state index in [2.05, 4.69) is 82.5 Å². The first-order chi connectivity index (χ1) is 19.9. The number of nitrogens with one attached hydrogen (secondary N) is 2. The zero-order valence-corrected chi connectivity index (χ0v) is 24.2. The lowest BCUT2D eigenvalue weighted by Gasteiger charge is -2.29. The number of benzene rings is 3. The highest BCUT2D eigenvalue weighted by atomic mass is 32.1. The third-order valence-electron chi connectivity index (χ3n) is 7.67. The van der Waals surface area contributed by atoms with E-state index in [1.807, 2.05) is 36.4 Å². The predicted octanol–water partition coefficient (Wildman–Crippen LogP) is 6.79. The van der Waals surface area contributed by atoms with Crippen LogP contribution in [0.3, 0.4) is 0 Å². The van der Waals surface area contributed by atoms with Gasteiger partial charge in [0.05, 0.1) is 36.3 Å². The summed E-state index contributed by atoms with van der Waals surface area (Å²) >= 11 is 5.97. The molecule has 41 heavy (non-hydrogen) atoms. The number of hydrogen-bond donors (Lipinski definition) is 2. The fourth-order valence-corrected chi connectivity index (χ4v) is 6.29. The molecule has 0 aliphatic carbocycles. The standard InChI is InChI=1S/C33H31N5O2S/c1-20-18-26(21(2)37(20)29-14-9-11-23-10-5-6-12-25(23)29)32-31(27-13-7-8-17-34-27)36-33(41)38(32)24-15-16-30(40-4)28(19-24)35-22(3)39/h5-19,31-32H,1-4H3,(H,35,39)(H,36,41)/t31-,32-/m0/s1. The molecule has 3 aromatic carbocycles. The van der Waals surface area contributed by atoms with Crippen LogP contribution in [0, 0.1) is 13.8 Å². The molecule has 1 aliphatic heterocycles. The van der Waals surface area contributed by atoms with Crippen molar-refractivity contribution in [3.8, 4) is 11.4 Å². The second-order valence-corrected chi connectivity index (χ2v) is 10.6. The van der Waals surface area contributed by atoms with Crippen LogP contribution in [-0.4, -0.2) is 27.7 Å². The first-order valence-corrected chi connectivity index (χ1v) is 13.9. The molecule has 0 saturated carbocycles. The van der Waals surface area contributed by atoms with Crippen LogP contribution in [0.15, 0.2) is 91.1 Å². The number of anilines is 2. The molecular weight excluding hydrogens is 530 g/mol. The van der Waals surface area contributed by atoms with Crippen LogP contribution < -0.4 is 20.3 Å². The fraction of sp³-hybridized carbons (Fsp3) is 0.182. The molecule has 0 spiro atoms. The normalized spacial score (nSPS) is 16.6. The van der Waals surface area contributed by atoms with Crippen molar-refractivity contribution in [3.63, 3.8) is 0 Å². The average molecular weight is 562 g/mol.